The highest BCUT2D eigenvalue weighted by Crippen LogP contribution is 2.39. The Morgan fingerprint density at radius 1 is 1.40 bits per heavy atom. The molecule has 1 aliphatic rings. The number of hydrogen-bond acceptors (Lipinski definition) is 3. The first-order valence-electron chi connectivity index (χ1n) is 6.61. The highest BCUT2D eigenvalue weighted by atomic mass is 16.4. The predicted molar refractivity (Wildman–Crippen MR) is 78.2 cm³/mol. The van der Waals surface area contributed by atoms with Crippen LogP contribution in [0, 0.1) is 0 Å². The van der Waals surface area contributed by atoms with Gasteiger partial charge in [0.15, 0.2) is 0 Å². The Hall–Kier alpha value is -2.04. The molecule has 0 bridgehead atoms. The molecular weight excluding hydrogens is 256 g/mol. The number of carbonyl (C=O) groups excluding carboxylic acids is 1. The summed E-state index contributed by atoms with van der Waals surface area (Å²) < 4.78 is 0. The molecule has 0 saturated carbocycles. The van der Waals surface area contributed by atoms with E-state index in [2.05, 4.69) is 26.1 Å². The second kappa shape index (κ2) is 4.81. The maximum absolute atomic E-state index is 12.2. The Kier molecular flexibility index (Phi) is 3.46. The van der Waals surface area contributed by atoms with E-state index >= 15 is 0 Å². The van der Waals surface area contributed by atoms with Gasteiger partial charge in [0, 0.05) is 7.05 Å². The number of aliphatic carboxylic acids is 1. The molecule has 1 aromatic carbocycles. The zero-order valence-electron chi connectivity index (χ0n) is 12.2. The third-order valence-electron chi connectivity index (χ3n) is 3.62. The van der Waals surface area contributed by atoms with Crippen LogP contribution in [-0.4, -0.2) is 30.1 Å². The van der Waals surface area contributed by atoms with Crippen molar-refractivity contribution in [2.24, 2.45) is 0 Å². The smallest absolute Gasteiger partial charge is 0.305 e. The highest BCUT2D eigenvalue weighted by Gasteiger charge is 2.34. The zero-order valence-corrected chi connectivity index (χ0v) is 12.2. The fraction of sp³-hybridized carbons (Fsp3) is 0.467. The van der Waals surface area contributed by atoms with Gasteiger partial charge < -0.3 is 15.3 Å². The summed E-state index contributed by atoms with van der Waals surface area (Å²) in [6.07, 6.45) is -0.207. The van der Waals surface area contributed by atoms with E-state index in [4.69, 9.17) is 5.11 Å². The predicted octanol–water partition coefficient (Wildman–Crippen LogP) is 2.22. The van der Waals surface area contributed by atoms with Gasteiger partial charge >= 0.3 is 5.97 Å². The number of nitrogens with zero attached hydrogens (tertiary/aromatic N) is 1. The number of amides is 1. The number of benzene rings is 1. The van der Waals surface area contributed by atoms with Crippen LogP contribution in [-0.2, 0) is 15.0 Å². The third kappa shape index (κ3) is 2.48. The van der Waals surface area contributed by atoms with Crippen LogP contribution in [0.25, 0.3) is 0 Å². The maximum Gasteiger partial charge on any atom is 0.305 e. The van der Waals surface area contributed by atoms with E-state index in [1.165, 1.54) is 0 Å². The van der Waals surface area contributed by atoms with E-state index in [0.717, 1.165) is 16.9 Å². The summed E-state index contributed by atoms with van der Waals surface area (Å²) in [4.78, 5) is 24.8. The lowest BCUT2D eigenvalue weighted by Crippen LogP contribution is -2.47. The van der Waals surface area contributed by atoms with Crippen molar-refractivity contribution in [2.45, 2.75) is 38.6 Å². The average molecular weight is 276 g/mol. The van der Waals surface area contributed by atoms with Crippen molar-refractivity contribution < 1.29 is 14.7 Å². The van der Waals surface area contributed by atoms with Crippen molar-refractivity contribution in [3.63, 3.8) is 0 Å². The molecule has 1 heterocycles. The fourth-order valence-electron chi connectivity index (χ4n) is 2.54. The number of anilines is 2. The maximum atomic E-state index is 12.2. The van der Waals surface area contributed by atoms with Gasteiger partial charge in [0.1, 0.15) is 6.04 Å². The number of rotatable bonds is 2. The van der Waals surface area contributed by atoms with Crippen LogP contribution in [0.1, 0.15) is 32.8 Å². The number of hydrogen-bond donors (Lipinski definition) is 2. The minimum Gasteiger partial charge on any atom is -0.481 e. The monoisotopic (exact) mass is 276 g/mol. The standard InChI is InChI=1S/C15H20N2O3/c1-15(2,3)9-6-5-7-10-13(9)16-14(20)11(17(10)4)8-12(18)19/h5-7,11H,8H2,1-4H3,(H,16,20)(H,18,19). The Morgan fingerprint density at radius 3 is 2.60 bits per heavy atom. The molecule has 0 saturated heterocycles. The first-order valence-corrected chi connectivity index (χ1v) is 6.61. The van der Waals surface area contributed by atoms with Crippen LogP contribution in [0.2, 0.25) is 0 Å². The van der Waals surface area contributed by atoms with Gasteiger partial charge in [-0.05, 0) is 17.0 Å². The second-order valence-corrected chi connectivity index (χ2v) is 6.16. The Morgan fingerprint density at radius 2 is 2.05 bits per heavy atom. The SMILES string of the molecule is CN1c2cccc(C(C)(C)C)c2NC(=O)C1CC(=O)O. The van der Waals surface area contributed by atoms with Crippen molar-refractivity contribution in [3.8, 4) is 0 Å². The van der Waals surface area contributed by atoms with Gasteiger partial charge in [-0.15, -0.1) is 0 Å². The number of fused-ring (bicyclic) bond motifs is 1. The zero-order chi connectivity index (χ0) is 15.1. The van der Waals surface area contributed by atoms with Crippen molar-refractivity contribution in [2.75, 3.05) is 17.3 Å². The molecule has 2 N–H and O–H groups in total. The minimum absolute atomic E-state index is 0.0981. The highest BCUT2D eigenvalue weighted by molar-refractivity contribution is 6.05. The Bertz CT molecular complexity index is 561. The van der Waals surface area contributed by atoms with Gasteiger partial charge in [0.05, 0.1) is 17.8 Å². The van der Waals surface area contributed by atoms with Crippen molar-refractivity contribution in [3.05, 3.63) is 23.8 Å². The van der Waals surface area contributed by atoms with Gasteiger partial charge in [0.25, 0.3) is 0 Å². The largest absolute Gasteiger partial charge is 0.481 e. The summed E-state index contributed by atoms with van der Waals surface area (Å²) in [7, 11) is 1.76. The molecule has 108 valence electrons. The molecule has 0 fully saturated rings. The molecule has 5 heteroatoms. The van der Waals surface area contributed by atoms with E-state index in [-0.39, 0.29) is 17.7 Å². The second-order valence-electron chi connectivity index (χ2n) is 6.16. The van der Waals surface area contributed by atoms with Crippen LogP contribution in [0.15, 0.2) is 18.2 Å². The third-order valence-corrected chi connectivity index (χ3v) is 3.62. The van der Waals surface area contributed by atoms with Gasteiger partial charge in [0.2, 0.25) is 5.91 Å². The van der Waals surface area contributed by atoms with Gasteiger partial charge in [-0.3, -0.25) is 9.59 Å². The van der Waals surface area contributed by atoms with Gasteiger partial charge in [-0.1, -0.05) is 32.9 Å². The quantitative estimate of drug-likeness (QED) is 0.869. The number of nitrogens with one attached hydrogen (secondary N) is 1. The minimum atomic E-state index is -0.979. The Labute approximate surface area is 118 Å². The normalized spacial score (nSPS) is 18.5. The van der Waals surface area contributed by atoms with Gasteiger partial charge in [-0.25, -0.2) is 0 Å². The summed E-state index contributed by atoms with van der Waals surface area (Å²) in [6, 6.07) is 5.16. The molecule has 20 heavy (non-hydrogen) atoms. The van der Waals surface area contributed by atoms with E-state index in [1.807, 2.05) is 18.2 Å². The number of likely N-dealkylation sites (N-methyl/N-ethyl adjacent to an activating group) is 1. The van der Waals surface area contributed by atoms with Crippen LogP contribution < -0.4 is 10.2 Å². The molecule has 5 nitrogen and oxygen atoms in total. The van der Waals surface area contributed by atoms with E-state index < -0.39 is 12.0 Å². The summed E-state index contributed by atoms with van der Waals surface area (Å²) in [5.74, 6) is -1.24. The molecule has 2 rings (SSSR count). The van der Waals surface area contributed by atoms with Crippen LogP contribution in [0.3, 0.4) is 0 Å². The van der Waals surface area contributed by atoms with Crippen LogP contribution >= 0.6 is 0 Å². The molecule has 1 aromatic rings. The molecular formula is C15H20N2O3. The number of carboxylic acid groups (broad SMARTS) is 1. The van der Waals surface area contributed by atoms with Crippen molar-refractivity contribution in [1.29, 1.82) is 0 Å². The number of carbonyl (C=O) groups is 2. The van der Waals surface area contributed by atoms with Crippen molar-refractivity contribution in [1.82, 2.24) is 0 Å². The lowest BCUT2D eigenvalue weighted by Gasteiger charge is -2.37. The molecule has 1 atom stereocenters. The molecule has 0 radical (unpaired) electrons. The van der Waals surface area contributed by atoms with Gasteiger partial charge in [-0.2, -0.15) is 0 Å². The average Bonchev–Trinajstić information content (AvgIpc) is 2.32. The molecule has 0 aliphatic carbocycles. The Balaban J connectivity index is 2.49. The molecule has 0 aromatic heterocycles. The van der Waals surface area contributed by atoms with E-state index in [0.29, 0.717) is 0 Å². The molecule has 0 spiro atoms. The lowest BCUT2D eigenvalue weighted by molar-refractivity contribution is -0.138. The number of carboxylic acids is 1. The molecule has 1 amide bonds. The summed E-state index contributed by atoms with van der Waals surface area (Å²) in [5, 5.41) is 11.8. The lowest BCUT2D eigenvalue weighted by atomic mass is 9.84. The van der Waals surface area contributed by atoms with Crippen LogP contribution in [0.4, 0.5) is 11.4 Å². The molecule has 1 aliphatic heterocycles. The topological polar surface area (TPSA) is 69.6 Å². The summed E-state index contributed by atoms with van der Waals surface area (Å²) >= 11 is 0. The van der Waals surface area contributed by atoms with Crippen LogP contribution in [0.5, 0.6) is 0 Å². The van der Waals surface area contributed by atoms with E-state index in [9.17, 15) is 9.59 Å². The summed E-state index contributed by atoms with van der Waals surface area (Å²) in [6.45, 7) is 6.24. The first-order chi connectivity index (χ1) is 9.21. The first kappa shape index (κ1) is 14.4. The van der Waals surface area contributed by atoms with Crippen molar-refractivity contribution >= 4 is 23.3 Å². The number of para-hydroxylation sites is 1. The summed E-state index contributed by atoms with van der Waals surface area (Å²) in [5.41, 5.74) is 2.60. The molecule has 1 unspecified atom stereocenters. The van der Waals surface area contributed by atoms with E-state index in [1.54, 1.807) is 11.9 Å². The fourth-order valence-corrected chi connectivity index (χ4v) is 2.54.